The van der Waals surface area contributed by atoms with Crippen LogP contribution in [0.15, 0.2) is 0 Å². The minimum absolute atomic E-state index is 0.813. The minimum atomic E-state index is 0.813. The molecule has 3 fully saturated rings. The molecule has 0 spiro atoms. The lowest BCUT2D eigenvalue weighted by Gasteiger charge is -2.34. The van der Waals surface area contributed by atoms with Gasteiger partial charge in [0, 0.05) is 18.6 Å². The quantitative estimate of drug-likeness (QED) is 0.788. The van der Waals surface area contributed by atoms with Crippen LogP contribution in [0.3, 0.4) is 0 Å². The molecule has 1 heterocycles. The van der Waals surface area contributed by atoms with Crippen LogP contribution in [-0.4, -0.2) is 37.1 Å². The van der Waals surface area contributed by atoms with Crippen molar-refractivity contribution >= 4 is 0 Å². The SMILES string of the molecule is CN1CCCCC1CNC1CC2CCC1C2. The highest BCUT2D eigenvalue weighted by Gasteiger charge is 2.39. The van der Waals surface area contributed by atoms with Gasteiger partial charge in [-0.1, -0.05) is 12.8 Å². The van der Waals surface area contributed by atoms with Crippen molar-refractivity contribution in [3.63, 3.8) is 0 Å². The number of nitrogens with one attached hydrogen (secondary N) is 1. The molecular weight excluding hydrogens is 196 g/mol. The molecule has 1 aliphatic heterocycles. The van der Waals surface area contributed by atoms with E-state index in [4.69, 9.17) is 0 Å². The molecular formula is C14H26N2. The highest BCUT2D eigenvalue weighted by Crippen LogP contribution is 2.44. The van der Waals surface area contributed by atoms with Crippen LogP contribution in [0.4, 0.5) is 0 Å². The topological polar surface area (TPSA) is 15.3 Å². The van der Waals surface area contributed by atoms with Gasteiger partial charge in [0.1, 0.15) is 0 Å². The second kappa shape index (κ2) is 4.66. The lowest BCUT2D eigenvalue weighted by Crippen LogP contribution is -2.46. The monoisotopic (exact) mass is 222 g/mol. The van der Waals surface area contributed by atoms with Gasteiger partial charge in [-0.3, -0.25) is 0 Å². The Morgan fingerprint density at radius 3 is 2.75 bits per heavy atom. The Morgan fingerprint density at radius 1 is 1.12 bits per heavy atom. The zero-order chi connectivity index (χ0) is 11.0. The molecule has 2 bridgehead atoms. The normalized spacial score (nSPS) is 44.1. The van der Waals surface area contributed by atoms with Crippen LogP contribution in [0.5, 0.6) is 0 Å². The summed E-state index contributed by atoms with van der Waals surface area (Å²) >= 11 is 0. The summed E-state index contributed by atoms with van der Waals surface area (Å²) in [4.78, 5) is 2.56. The molecule has 0 aromatic carbocycles. The summed E-state index contributed by atoms with van der Waals surface area (Å²) in [5, 5.41) is 3.87. The molecule has 0 amide bonds. The molecule has 2 aliphatic carbocycles. The number of nitrogens with zero attached hydrogens (tertiary/aromatic N) is 1. The van der Waals surface area contributed by atoms with Gasteiger partial charge in [0.25, 0.3) is 0 Å². The fraction of sp³-hybridized carbons (Fsp3) is 1.00. The van der Waals surface area contributed by atoms with Crippen molar-refractivity contribution in [2.75, 3.05) is 20.1 Å². The molecule has 0 aromatic rings. The fourth-order valence-corrected chi connectivity index (χ4v) is 4.18. The summed E-state index contributed by atoms with van der Waals surface area (Å²) in [5.74, 6) is 2.10. The maximum Gasteiger partial charge on any atom is 0.0217 e. The summed E-state index contributed by atoms with van der Waals surface area (Å²) in [5.41, 5.74) is 0. The van der Waals surface area contributed by atoms with Crippen LogP contribution < -0.4 is 5.32 Å². The Hall–Kier alpha value is -0.0800. The molecule has 4 unspecified atom stereocenters. The number of rotatable bonds is 3. The average molecular weight is 222 g/mol. The first kappa shape index (κ1) is 11.0. The lowest BCUT2D eigenvalue weighted by atomic mass is 9.94. The van der Waals surface area contributed by atoms with E-state index in [1.165, 1.54) is 58.0 Å². The average Bonchev–Trinajstić information content (AvgIpc) is 2.90. The van der Waals surface area contributed by atoms with Gasteiger partial charge in [-0.2, -0.15) is 0 Å². The molecule has 2 saturated carbocycles. The maximum absolute atomic E-state index is 3.87. The van der Waals surface area contributed by atoms with Crippen molar-refractivity contribution in [3.05, 3.63) is 0 Å². The van der Waals surface area contributed by atoms with Gasteiger partial charge in [0.05, 0.1) is 0 Å². The van der Waals surface area contributed by atoms with Crippen molar-refractivity contribution in [3.8, 4) is 0 Å². The Kier molecular flexibility index (Phi) is 3.21. The third kappa shape index (κ3) is 2.14. The molecule has 0 radical (unpaired) electrons. The van der Waals surface area contributed by atoms with Crippen molar-refractivity contribution in [1.82, 2.24) is 10.2 Å². The molecule has 1 saturated heterocycles. The smallest absolute Gasteiger partial charge is 0.0217 e. The van der Waals surface area contributed by atoms with E-state index < -0.39 is 0 Å². The molecule has 1 N–H and O–H groups in total. The molecule has 0 aromatic heterocycles. The van der Waals surface area contributed by atoms with Gasteiger partial charge in [-0.15, -0.1) is 0 Å². The van der Waals surface area contributed by atoms with Gasteiger partial charge < -0.3 is 10.2 Å². The molecule has 16 heavy (non-hydrogen) atoms. The van der Waals surface area contributed by atoms with Crippen LogP contribution in [0.2, 0.25) is 0 Å². The van der Waals surface area contributed by atoms with E-state index in [0.717, 1.165) is 23.9 Å². The summed E-state index contributed by atoms with van der Waals surface area (Å²) in [7, 11) is 2.30. The summed E-state index contributed by atoms with van der Waals surface area (Å²) in [6.07, 6.45) is 10.3. The predicted octanol–water partition coefficient (Wildman–Crippen LogP) is 2.25. The van der Waals surface area contributed by atoms with Crippen molar-refractivity contribution in [2.24, 2.45) is 11.8 Å². The second-order valence-electron chi connectivity index (χ2n) is 6.32. The summed E-state index contributed by atoms with van der Waals surface area (Å²) in [6, 6.07) is 1.68. The zero-order valence-electron chi connectivity index (χ0n) is 10.6. The first-order valence-electron chi connectivity index (χ1n) is 7.26. The zero-order valence-corrected chi connectivity index (χ0v) is 10.6. The maximum atomic E-state index is 3.87. The van der Waals surface area contributed by atoms with Gasteiger partial charge >= 0.3 is 0 Å². The van der Waals surface area contributed by atoms with E-state index in [2.05, 4.69) is 17.3 Å². The third-order valence-corrected chi connectivity index (χ3v) is 5.28. The van der Waals surface area contributed by atoms with E-state index in [-0.39, 0.29) is 0 Å². The van der Waals surface area contributed by atoms with Crippen LogP contribution in [-0.2, 0) is 0 Å². The Balaban J connectivity index is 1.45. The van der Waals surface area contributed by atoms with Crippen LogP contribution in [0.25, 0.3) is 0 Å². The number of likely N-dealkylation sites (N-methyl/N-ethyl adjacent to an activating group) is 1. The van der Waals surface area contributed by atoms with Gasteiger partial charge in [-0.05, 0) is 57.5 Å². The first-order valence-corrected chi connectivity index (χ1v) is 7.26. The lowest BCUT2D eigenvalue weighted by molar-refractivity contribution is 0.172. The molecule has 2 heteroatoms. The number of hydrogen-bond acceptors (Lipinski definition) is 2. The Morgan fingerprint density at radius 2 is 2.06 bits per heavy atom. The van der Waals surface area contributed by atoms with Gasteiger partial charge in [0.15, 0.2) is 0 Å². The largest absolute Gasteiger partial charge is 0.312 e. The van der Waals surface area contributed by atoms with Crippen LogP contribution >= 0.6 is 0 Å². The molecule has 3 aliphatic rings. The van der Waals surface area contributed by atoms with Gasteiger partial charge in [0.2, 0.25) is 0 Å². The number of likely N-dealkylation sites (tertiary alicyclic amines) is 1. The number of fused-ring (bicyclic) bond motifs is 2. The Labute approximate surface area is 99.8 Å². The minimum Gasteiger partial charge on any atom is -0.312 e. The van der Waals surface area contributed by atoms with Crippen molar-refractivity contribution in [2.45, 2.75) is 57.0 Å². The van der Waals surface area contributed by atoms with E-state index in [1.54, 1.807) is 0 Å². The van der Waals surface area contributed by atoms with Crippen LogP contribution in [0.1, 0.15) is 44.9 Å². The third-order valence-electron chi connectivity index (χ3n) is 5.28. The first-order chi connectivity index (χ1) is 7.83. The van der Waals surface area contributed by atoms with E-state index in [9.17, 15) is 0 Å². The molecule has 3 rings (SSSR count). The van der Waals surface area contributed by atoms with Crippen molar-refractivity contribution in [1.29, 1.82) is 0 Å². The van der Waals surface area contributed by atoms with Crippen LogP contribution in [0, 0.1) is 11.8 Å². The second-order valence-corrected chi connectivity index (χ2v) is 6.32. The summed E-state index contributed by atoms with van der Waals surface area (Å²) in [6.45, 7) is 2.55. The molecule has 4 atom stereocenters. The predicted molar refractivity (Wildman–Crippen MR) is 67.5 cm³/mol. The van der Waals surface area contributed by atoms with E-state index in [1.807, 2.05) is 0 Å². The number of piperidine rings is 1. The molecule has 92 valence electrons. The summed E-state index contributed by atoms with van der Waals surface area (Å²) < 4.78 is 0. The standard InChI is InChI=1S/C14H26N2/c1-16-7-3-2-4-13(16)10-15-14-9-11-5-6-12(14)8-11/h11-15H,2-10H2,1H3. The van der Waals surface area contributed by atoms with E-state index >= 15 is 0 Å². The fourth-order valence-electron chi connectivity index (χ4n) is 4.18. The number of hydrogen-bond donors (Lipinski definition) is 1. The highest BCUT2D eigenvalue weighted by molar-refractivity contribution is 4.94. The van der Waals surface area contributed by atoms with Gasteiger partial charge in [-0.25, -0.2) is 0 Å². The highest BCUT2D eigenvalue weighted by atomic mass is 15.2. The van der Waals surface area contributed by atoms with Crippen molar-refractivity contribution < 1.29 is 0 Å². The van der Waals surface area contributed by atoms with E-state index in [0.29, 0.717) is 0 Å². The molecule has 2 nitrogen and oxygen atoms in total. The Bertz CT molecular complexity index is 239.